The number of nitro groups is 2. The van der Waals surface area contributed by atoms with E-state index in [-0.39, 0.29) is 5.69 Å². The van der Waals surface area contributed by atoms with Crippen molar-refractivity contribution in [1.29, 1.82) is 0 Å². The first-order chi connectivity index (χ1) is 13.0. The molecule has 0 atom stereocenters. The van der Waals surface area contributed by atoms with Crippen molar-refractivity contribution in [3.8, 4) is 0 Å². The molecule has 0 unspecified atom stereocenters. The van der Waals surface area contributed by atoms with Crippen molar-refractivity contribution >= 4 is 28.4 Å². The molecule has 0 saturated heterocycles. The van der Waals surface area contributed by atoms with Gasteiger partial charge in [-0.2, -0.15) is 5.11 Å². The van der Waals surface area contributed by atoms with Crippen molar-refractivity contribution in [2.75, 3.05) is 5.73 Å². The highest BCUT2D eigenvalue weighted by Crippen LogP contribution is 2.37. The molecule has 2 N–H and O–H groups in total. The fraction of sp³-hybridized carbons (Fsp3) is 0. The smallest absolute Gasteiger partial charge is 0.373 e. The lowest BCUT2D eigenvalue weighted by molar-refractivity contribution is -0.421. The van der Waals surface area contributed by atoms with E-state index in [2.05, 4.69) is 20.2 Å². The van der Waals surface area contributed by atoms with Gasteiger partial charge in [-0.1, -0.05) is 6.07 Å². The Labute approximate surface area is 152 Å². The summed E-state index contributed by atoms with van der Waals surface area (Å²) in [5.74, 6) is 0. The first-order valence-corrected chi connectivity index (χ1v) is 7.38. The largest absolute Gasteiger partial charge is 0.399 e. The molecule has 0 radical (unpaired) electrons. The minimum Gasteiger partial charge on any atom is -0.399 e. The third-order valence-electron chi connectivity index (χ3n) is 3.02. The van der Waals surface area contributed by atoms with Gasteiger partial charge in [-0.05, 0) is 30.3 Å². The van der Waals surface area contributed by atoms with Gasteiger partial charge in [0.15, 0.2) is 5.69 Å². The summed E-state index contributed by atoms with van der Waals surface area (Å²) in [5.41, 5.74) is 4.96. The third-order valence-corrected chi connectivity index (χ3v) is 3.02. The van der Waals surface area contributed by atoms with Crippen molar-refractivity contribution in [1.82, 2.24) is 9.97 Å². The molecular weight excluding hydrogens is 354 g/mol. The van der Waals surface area contributed by atoms with E-state index in [9.17, 15) is 20.2 Å². The van der Waals surface area contributed by atoms with E-state index in [1.54, 1.807) is 49.1 Å². The van der Waals surface area contributed by atoms with Crippen LogP contribution in [-0.2, 0) is 0 Å². The average Bonchev–Trinajstić information content (AvgIpc) is 2.69. The topological polar surface area (TPSA) is 163 Å². The highest BCUT2D eigenvalue weighted by atomic mass is 16.6. The molecule has 0 saturated carbocycles. The molecule has 0 spiro atoms. The van der Waals surface area contributed by atoms with Crippen molar-refractivity contribution in [3.63, 3.8) is 0 Å². The van der Waals surface area contributed by atoms with Gasteiger partial charge in [0, 0.05) is 36.5 Å². The Balaban J connectivity index is 0.000000369. The molecule has 136 valence electrons. The van der Waals surface area contributed by atoms with Crippen LogP contribution in [0.1, 0.15) is 0 Å². The first-order valence-electron chi connectivity index (χ1n) is 7.38. The molecule has 11 nitrogen and oxygen atoms in total. The van der Waals surface area contributed by atoms with Crippen LogP contribution in [0.25, 0.3) is 0 Å². The molecule has 3 rings (SSSR count). The van der Waals surface area contributed by atoms with Crippen LogP contribution in [0.3, 0.4) is 0 Å². The molecule has 0 aliphatic rings. The van der Waals surface area contributed by atoms with Crippen LogP contribution >= 0.6 is 0 Å². The summed E-state index contributed by atoms with van der Waals surface area (Å²) in [5, 5.41) is 29.3. The van der Waals surface area contributed by atoms with E-state index in [0.717, 1.165) is 6.07 Å². The Morgan fingerprint density at radius 1 is 0.815 bits per heavy atom. The second-order valence-electron chi connectivity index (χ2n) is 4.85. The van der Waals surface area contributed by atoms with E-state index >= 15 is 0 Å². The van der Waals surface area contributed by atoms with E-state index < -0.39 is 21.2 Å². The van der Waals surface area contributed by atoms with E-state index in [1.165, 1.54) is 12.1 Å². The SMILES string of the molecule is Nc1ccc(N=Nc2cccc([N+](=O)[O-])c2[N+](=O)[O-])cc1.c1cnccn1. The number of nitrogens with zero attached hydrogens (tertiary/aromatic N) is 6. The lowest BCUT2D eigenvalue weighted by Gasteiger charge is -1.98. The minimum atomic E-state index is -0.852. The minimum absolute atomic E-state index is 0.189. The predicted octanol–water partition coefficient (Wildman–Crippen LogP) is 3.98. The molecule has 0 aliphatic carbocycles. The molecule has 3 aromatic rings. The van der Waals surface area contributed by atoms with Crippen LogP contribution in [0.2, 0.25) is 0 Å². The van der Waals surface area contributed by atoms with Crippen LogP contribution in [0.15, 0.2) is 77.5 Å². The zero-order valence-corrected chi connectivity index (χ0v) is 13.7. The molecule has 11 heteroatoms. The number of para-hydroxylation sites is 1. The number of azo groups is 1. The van der Waals surface area contributed by atoms with Gasteiger partial charge in [-0.3, -0.25) is 30.2 Å². The van der Waals surface area contributed by atoms with Gasteiger partial charge < -0.3 is 5.73 Å². The number of hydrogen-bond donors (Lipinski definition) is 1. The number of nitrogen functional groups attached to an aromatic ring is 1. The molecule has 0 aliphatic heterocycles. The number of hydrogen-bond acceptors (Lipinski definition) is 9. The first kappa shape index (κ1) is 19.1. The Bertz CT molecular complexity index is 920. The maximum atomic E-state index is 11.0. The monoisotopic (exact) mass is 367 g/mol. The van der Waals surface area contributed by atoms with Crippen molar-refractivity contribution in [2.24, 2.45) is 10.2 Å². The van der Waals surface area contributed by atoms with Crippen LogP contribution in [0, 0.1) is 20.2 Å². The van der Waals surface area contributed by atoms with E-state index in [4.69, 9.17) is 5.73 Å². The van der Waals surface area contributed by atoms with Gasteiger partial charge in [0.2, 0.25) is 0 Å². The van der Waals surface area contributed by atoms with Crippen LogP contribution in [0.5, 0.6) is 0 Å². The van der Waals surface area contributed by atoms with Crippen molar-refractivity contribution in [2.45, 2.75) is 0 Å². The predicted molar refractivity (Wildman–Crippen MR) is 96.8 cm³/mol. The summed E-state index contributed by atoms with van der Waals surface area (Å²) >= 11 is 0. The van der Waals surface area contributed by atoms with E-state index in [0.29, 0.717) is 11.4 Å². The Hall–Kier alpha value is -4.28. The molecule has 0 fully saturated rings. The summed E-state index contributed by atoms with van der Waals surface area (Å²) in [6, 6.07) is 9.96. The lowest BCUT2D eigenvalue weighted by atomic mass is 10.2. The van der Waals surface area contributed by atoms with Gasteiger partial charge in [-0.25, -0.2) is 0 Å². The van der Waals surface area contributed by atoms with Crippen molar-refractivity contribution in [3.05, 3.63) is 87.5 Å². The maximum absolute atomic E-state index is 11.0. The molecule has 27 heavy (non-hydrogen) atoms. The molecule has 1 heterocycles. The standard InChI is InChI=1S/C12H9N5O4.C4H4N2/c13-8-4-6-9(7-5-8)14-15-10-2-1-3-11(16(18)19)12(10)17(20)21;1-2-6-4-3-5-1/h1-7H,13H2;1-4H. The normalized spacial score (nSPS) is 10.1. The Morgan fingerprint density at radius 2 is 1.41 bits per heavy atom. The van der Waals surface area contributed by atoms with Gasteiger partial charge in [-0.15, -0.1) is 5.11 Å². The summed E-state index contributed by atoms with van der Waals surface area (Å²) in [4.78, 5) is 27.6. The Morgan fingerprint density at radius 3 is 1.89 bits per heavy atom. The fourth-order valence-corrected chi connectivity index (χ4v) is 1.84. The van der Waals surface area contributed by atoms with Gasteiger partial charge in [0.05, 0.1) is 15.5 Å². The number of nitro benzene ring substituents is 2. The van der Waals surface area contributed by atoms with Crippen LogP contribution < -0.4 is 5.73 Å². The molecule has 2 aromatic carbocycles. The molecule has 1 aromatic heterocycles. The number of benzene rings is 2. The Kier molecular flexibility index (Phi) is 6.54. The van der Waals surface area contributed by atoms with E-state index in [1.807, 2.05) is 0 Å². The number of anilines is 1. The lowest BCUT2D eigenvalue weighted by Crippen LogP contribution is -1.96. The summed E-state index contributed by atoms with van der Waals surface area (Å²) in [6.07, 6.45) is 6.56. The number of rotatable bonds is 4. The fourth-order valence-electron chi connectivity index (χ4n) is 1.84. The quantitative estimate of drug-likeness (QED) is 0.315. The highest BCUT2D eigenvalue weighted by Gasteiger charge is 2.28. The second-order valence-corrected chi connectivity index (χ2v) is 4.85. The summed E-state index contributed by atoms with van der Waals surface area (Å²) in [7, 11) is 0. The van der Waals surface area contributed by atoms with Gasteiger partial charge in [0.1, 0.15) is 0 Å². The van der Waals surface area contributed by atoms with Gasteiger partial charge in [0.25, 0.3) is 0 Å². The highest BCUT2D eigenvalue weighted by molar-refractivity contribution is 5.68. The summed E-state index contributed by atoms with van der Waals surface area (Å²) in [6.45, 7) is 0. The third kappa shape index (κ3) is 5.63. The molecule has 0 amide bonds. The zero-order chi connectivity index (χ0) is 19.6. The second kappa shape index (κ2) is 9.27. The number of nitrogens with two attached hydrogens (primary N) is 1. The van der Waals surface area contributed by atoms with Crippen molar-refractivity contribution < 1.29 is 9.85 Å². The van der Waals surface area contributed by atoms with Gasteiger partial charge >= 0.3 is 11.4 Å². The summed E-state index contributed by atoms with van der Waals surface area (Å²) < 4.78 is 0. The molecular formula is C16H13N7O4. The maximum Gasteiger partial charge on any atom is 0.373 e. The van der Waals surface area contributed by atoms with Crippen LogP contribution in [0.4, 0.5) is 28.4 Å². The molecule has 0 bridgehead atoms. The number of aromatic nitrogens is 2. The van der Waals surface area contributed by atoms with Crippen LogP contribution in [-0.4, -0.2) is 19.8 Å². The average molecular weight is 367 g/mol. The zero-order valence-electron chi connectivity index (χ0n) is 13.7.